The van der Waals surface area contributed by atoms with E-state index in [1.54, 1.807) is 12.1 Å². The SMILES string of the molecule is Cc1ccc(NC(=O)Cc2cccc(C)n2)nn1. The maximum Gasteiger partial charge on any atom is 0.231 e. The van der Waals surface area contributed by atoms with E-state index in [-0.39, 0.29) is 12.3 Å². The summed E-state index contributed by atoms with van der Waals surface area (Å²) in [5.41, 5.74) is 2.45. The number of aryl methyl sites for hydroxylation is 2. The number of aromatic nitrogens is 3. The van der Waals surface area contributed by atoms with Crippen molar-refractivity contribution in [3.05, 3.63) is 47.4 Å². The molecule has 0 saturated carbocycles. The highest BCUT2D eigenvalue weighted by molar-refractivity contribution is 5.91. The Balaban J connectivity index is 1.98. The number of carbonyl (C=O) groups is 1. The summed E-state index contributed by atoms with van der Waals surface area (Å²) in [7, 11) is 0. The van der Waals surface area contributed by atoms with Crippen LogP contribution in [0.15, 0.2) is 30.3 Å². The van der Waals surface area contributed by atoms with Gasteiger partial charge in [0, 0.05) is 11.4 Å². The van der Waals surface area contributed by atoms with E-state index >= 15 is 0 Å². The van der Waals surface area contributed by atoms with Crippen LogP contribution in [0.1, 0.15) is 17.1 Å². The highest BCUT2D eigenvalue weighted by Gasteiger charge is 2.06. The van der Waals surface area contributed by atoms with Crippen LogP contribution in [-0.2, 0) is 11.2 Å². The first-order valence-corrected chi connectivity index (χ1v) is 5.66. The molecule has 5 heteroatoms. The lowest BCUT2D eigenvalue weighted by atomic mass is 10.2. The molecule has 1 N–H and O–H groups in total. The third kappa shape index (κ3) is 3.35. The molecule has 0 bridgehead atoms. The molecule has 5 nitrogen and oxygen atoms in total. The Morgan fingerprint density at radius 1 is 1.11 bits per heavy atom. The smallest absolute Gasteiger partial charge is 0.231 e. The fraction of sp³-hybridized carbons (Fsp3) is 0.231. The highest BCUT2D eigenvalue weighted by atomic mass is 16.1. The minimum atomic E-state index is -0.147. The van der Waals surface area contributed by atoms with Gasteiger partial charge in [-0.25, -0.2) is 0 Å². The summed E-state index contributed by atoms with van der Waals surface area (Å²) in [4.78, 5) is 16.0. The van der Waals surface area contributed by atoms with Gasteiger partial charge in [0.2, 0.25) is 5.91 Å². The van der Waals surface area contributed by atoms with E-state index in [4.69, 9.17) is 0 Å². The molecule has 2 rings (SSSR count). The van der Waals surface area contributed by atoms with Crippen LogP contribution in [0.4, 0.5) is 5.82 Å². The van der Waals surface area contributed by atoms with E-state index < -0.39 is 0 Å². The largest absolute Gasteiger partial charge is 0.309 e. The first-order valence-electron chi connectivity index (χ1n) is 5.66. The molecule has 2 heterocycles. The predicted octanol–water partition coefficient (Wildman–Crippen LogP) is 1.67. The van der Waals surface area contributed by atoms with Crippen molar-refractivity contribution in [1.29, 1.82) is 0 Å². The first kappa shape index (κ1) is 12.2. The summed E-state index contributed by atoms with van der Waals surface area (Å²) in [6.07, 6.45) is 0.233. The number of nitrogens with one attached hydrogen (secondary N) is 1. The Kier molecular flexibility index (Phi) is 3.62. The van der Waals surface area contributed by atoms with Crippen molar-refractivity contribution < 1.29 is 4.79 Å². The van der Waals surface area contributed by atoms with Gasteiger partial charge in [-0.3, -0.25) is 9.78 Å². The Morgan fingerprint density at radius 3 is 2.61 bits per heavy atom. The fourth-order valence-corrected chi connectivity index (χ4v) is 1.52. The third-order valence-electron chi connectivity index (χ3n) is 2.35. The molecular weight excluding hydrogens is 228 g/mol. The quantitative estimate of drug-likeness (QED) is 0.889. The number of rotatable bonds is 3. The molecule has 92 valence electrons. The number of carbonyl (C=O) groups excluding carboxylic acids is 1. The monoisotopic (exact) mass is 242 g/mol. The molecule has 0 spiro atoms. The van der Waals surface area contributed by atoms with Gasteiger partial charge in [0.05, 0.1) is 12.1 Å². The maximum absolute atomic E-state index is 11.8. The summed E-state index contributed by atoms with van der Waals surface area (Å²) in [6, 6.07) is 9.13. The number of pyridine rings is 1. The fourth-order valence-electron chi connectivity index (χ4n) is 1.52. The molecule has 0 radical (unpaired) electrons. The first-order chi connectivity index (χ1) is 8.63. The van der Waals surface area contributed by atoms with Crippen molar-refractivity contribution in [1.82, 2.24) is 15.2 Å². The third-order valence-corrected chi connectivity index (χ3v) is 2.35. The van der Waals surface area contributed by atoms with Crippen LogP contribution in [0.5, 0.6) is 0 Å². The molecule has 2 aromatic rings. The van der Waals surface area contributed by atoms with E-state index in [9.17, 15) is 4.79 Å². The summed E-state index contributed by atoms with van der Waals surface area (Å²) in [5, 5.41) is 10.4. The predicted molar refractivity (Wildman–Crippen MR) is 68.1 cm³/mol. The average molecular weight is 242 g/mol. The van der Waals surface area contributed by atoms with Crippen LogP contribution in [0.2, 0.25) is 0 Å². The molecular formula is C13H14N4O. The Labute approximate surface area is 105 Å². The zero-order chi connectivity index (χ0) is 13.0. The number of nitrogens with zero attached hydrogens (tertiary/aromatic N) is 3. The molecule has 18 heavy (non-hydrogen) atoms. The molecule has 0 fully saturated rings. The van der Waals surface area contributed by atoms with Gasteiger partial charge in [-0.2, -0.15) is 5.10 Å². The second-order valence-electron chi connectivity index (χ2n) is 4.06. The molecule has 0 atom stereocenters. The Bertz CT molecular complexity index is 551. The number of hydrogen-bond acceptors (Lipinski definition) is 4. The van der Waals surface area contributed by atoms with Crippen molar-refractivity contribution in [2.75, 3.05) is 5.32 Å². The number of amides is 1. The van der Waals surface area contributed by atoms with Crippen LogP contribution >= 0.6 is 0 Å². The molecule has 0 aliphatic heterocycles. The van der Waals surface area contributed by atoms with E-state index in [0.29, 0.717) is 5.82 Å². The topological polar surface area (TPSA) is 67.8 Å². The minimum absolute atomic E-state index is 0.147. The van der Waals surface area contributed by atoms with Crippen LogP contribution in [0.3, 0.4) is 0 Å². The number of anilines is 1. The Morgan fingerprint density at radius 2 is 1.94 bits per heavy atom. The minimum Gasteiger partial charge on any atom is -0.309 e. The van der Waals surface area contributed by atoms with Gasteiger partial charge in [-0.1, -0.05) is 6.07 Å². The highest BCUT2D eigenvalue weighted by Crippen LogP contribution is 2.04. The van der Waals surface area contributed by atoms with Crippen LogP contribution in [0, 0.1) is 13.8 Å². The Hall–Kier alpha value is -2.30. The summed E-state index contributed by atoms with van der Waals surface area (Å²) in [5.74, 6) is 0.310. The number of hydrogen-bond donors (Lipinski definition) is 1. The van der Waals surface area contributed by atoms with Crippen molar-refractivity contribution >= 4 is 11.7 Å². The summed E-state index contributed by atoms with van der Waals surface area (Å²) < 4.78 is 0. The van der Waals surface area contributed by atoms with Gasteiger partial charge in [0.1, 0.15) is 0 Å². The van der Waals surface area contributed by atoms with E-state index in [2.05, 4.69) is 20.5 Å². The van der Waals surface area contributed by atoms with Gasteiger partial charge in [-0.05, 0) is 38.1 Å². The normalized spacial score (nSPS) is 10.1. The zero-order valence-corrected chi connectivity index (χ0v) is 10.3. The molecule has 0 unspecified atom stereocenters. The average Bonchev–Trinajstić information content (AvgIpc) is 2.32. The zero-order valence-electron chi connectivity index (χ0n) is 10.3. The second-order valence-corrected chi connectivity index (χ2v) is 4.06. The molecule has 1 amide bonds. The molecule has 2 aromatic heterocycles. The van der Waals surface area contributed by atoms with Gasteiger partial charge >= 0.3 is 0 Å². The van der Waals surface area contributed by atoms with E-state index in [0.717, 1.165) is 17.1 Å². The molecule has 0 saturated heterocycles. The standard InChI is InChI=1S/C13H14N4O/c1-9-4-3-5-11(14-9)8-13(18)15-12-7-6-10(2)16-17-12/h3-7H,8H2,1-2H3,(H,15,17,18). The van der Waals surface area contributed by atoms with Crippen molar-refractivity contribution in [3.8, 4) is 0 Å². The van der Waals surface area contributed by atoms with E-state index in [1.807, 2.05) is 32.0 Å². The summed E-state index contributed by atoms with van der Waals surface area (Å²) in [6.45, 7) is 3.74. The lowest BCUT2D eigenvalue weighted by Gasteiger charge is -2.04. The second kappa shape index (κ2) is 5.35. The van der Waals surface area contributed by atoms with Crippen LogP contribution in [-0.4, -0.2) is 21.1 Å². The van der Waals surface area contributed by atoms with E-state index in [1.165, 1.54) is 0 Å². The van der Waals surface area contributed by atoms with Crippen LogP contribution < -0.4 is 5.32 Å². The molecule has 0 aromatic carbocycles. The van der Waals surface area contributed by atoms with Crippen LogP contribution in [0.25, 0.3) is 0 Å². The van der Waals surface area contributed by atoms with Crippen molar-refractivity contribution in [2.45, 2.75) is 20.3 Å². The van der Waals surface area contributed by atoms with Crippen molar-refractivity contribution in [2.24, 2.45) is 0 Å². The van der Waals surface area contributed by atoms with Gasteiger partial charge in [-0.15, -0.1) is 5.10 Å². The molecule has 0 aliphatic carbocycles. The van der Waals surface area contributed by atoms with Gasteiger partial charge in [0.25, 0.3) is 0 Å². The van der Waals surface area contributed by atoms with Gasteiger partial charge < -0.3 is 5.32 Å². The van der Waals surface area contributed by atoms with Crippen molar-refractivity contribution in [3.63, 3.8) is 0 Å². The molecule has 0 aliphatic rings. The van der Waals surface area contributed by atoms with Gasteiger partial charge in [0.15, 0.2) is 5.82 Å². The lowest BCUT2D eigenvalue weighted by Crippen LogP contribution is -2.16. The maximum atomic E-state index is 11.8. The lowest BCUT2D eigenvalue weighted by molar-refractivity contribution is -0.115. The summed E-state index contributed by atoms with van der Waals surface area (Å²) >= 11 is 0.